The molecule has 1 fully saturated rings. The molecular formula is C15H22N2O5S2. The summed E-state index contributed by atoms with van der Waals surface area (Å²) >= 11 is 0. The Balaban J connectivity index is 1.90. The van der Waals surface area contributed by atoms with Crippen LogP contribution < -0.4 is 0 Å². The zero-order chi connectivity index (χ0) is 17.4. The van der Waals surface area contributed by atoms with Gasteiger partial charge >= 0.3 is 0 Å². The van der Waals surface area contributed by atoms with E-state index >= 15 is 0 Å². The number of benzene rings is 1. The molecule has 0 amide bonds. The normalized spacial score (nSPS) is 20.7. The number of hydrogen-bond acceptors (Lipinski definition) is 5. The fraction of sp³-hybridized carbons (Fsp3) is 0.600. The maximum Gasteiger partial charge on any atom is 0.243 e. The molecular weight excluding hydrogens is 352 g/mol. The van der Waals surface area contributed by atoms with Gasteiger partial charge in [0.2, 0.25) is 20.0 Å². The fourth-order valence-corrected chi connectivity index (χ4v) is 5.55. The van der Waals surface area contributed by atoms with Gasteiger partial charge in [-0.25, -0.2) is 16.8 Å². The molecule has 2 heterocycles. The highest BCUT2D eigenvalue weighted by atomic mass is 32.2. The van der Waals surface area contributed by atoms with Crippen LogP contribution in [0.3, 0.4) is 0 Å². The van der Waals surface area contributed by atoms with Crippen molar-refractivity contribution < 1.29 is 21.6 Å². The quantitative estimate of drug-likeness (QED) is 0.762. The van der Waals surface area contributed by atoms with Gasteiger partial charge in [0.1, 0.15) is 0 Å². The van der Waals surface area contributed by atoms with Crippen LogP contribution in [0.15, 0.2) is 23.1 Å². The first-order valence-electron chi connectivity index (χ1n) is 8.02. The molecule has 2 aliphatic heterocycles. The van der Waals surface area contributed by atoms with E-state index in [4.69, 9.17) is 4.74 Å². The lowest BCUT2D eigenvalue weighted by Crippen LogP contribution is -2.41. The molecule has 24 heavy (non-hydrogen) atoms. The molecule has 9 heteroatoms. The topological polar surface area (TPSA) is 84.0 Å². The van der Waals surface area contributed by atoms with Gasteiger partial charge in [-0.3, -0.25) is 0 Å². The number of nitrogens with zero attached hydrogens (tertiary/aromatic N) is 2. The molecule has 1 aromatic rings. The average molecular weight is 374 g/mol. The molecule has 0 aliphatic carbocycles. The number of rotatable bonds is 4. The Morgan fingerprint density at radius 1 is 1.00 bits per heavy atom. The molecule has 0 aromatic heterocycles. The predicted octanol–water partition coefficient (Wildman–Crippen LogP) is 0.415. The summed E-state index contributed by atoms with van der Waals surface area (Å²) in [5.74, 6) is 0.0497. The second-order valence-electron chi connectivity index (χ2n) is 5.93. The van der Waals surface area contributed by atoms with Crippen molar-refractivity contribution in [2.45, 2.75) is 24.8 Å². The fourth-order valence-electron chi connectivity index (χ4n) is 3.02. The molecule has 0 atom stereocenters. The van der Waals surface area contributed by atoms with E-state index in [0.29, 0.717) is 39.3 Å². The van der Waals surface area contributed by atoms with Gasteiger partial charge < -0.3 is 4.74 Å². The maximum atomic E-state index is 12.7. The summed E-state index contributed by atoms with van der Waals surface area (Å²) in [6.45, 7) is 3.77. The van der Waals surface area contributed by atoms with E-state index in [-0.39, 0.29) is 17.2 Å². The Kier molecular flexibility index (Phi) is 4.99. The van der Waals surface area contributed by atoms with Gasteiger partial charge in [-0.2, -0.15) is 8.61 Å². The highest BCUT2D eigenvalue weighted by molar-refractivity contribution is 7.89. The number of ether oxygens (including phenoxy) is 1. The highest BCUT2D eigenvalue weighted by Gasteiger charge is 2.29. The standard InChI is InChI=1S/C15H22N2O5S2/c1-2-23(18,19)17-6-5-13-3-4-15(11-14(13)12-17)24(20,21)16-7-9-22-10-8-16/h3-4,11H,2,5-10,12H2,1H3. The van der Waals surface area contributed by atoms with Crippen molar-refractivity contribution in [3.05, 3.63) is 29.3 Å². The van der Waals surface area contributed by atoms with Crippen LogP contribution in [0.1, 0.15) is 18.1 Å². The smallest absolute Gasteiger partial charge is 0.243 e. The first-order chi connectivity index (χ1) is 11.3. The van der Waals surface area contributed by atoms with Crippen molar-refractivity contribution in [1.82, 2.24) is 8.61 Å². The van der Waals surface area contributed by atoms with Gasteiger partial charge in [0.25, 0.3) is 0 Å². The van der Waals surface area contributed by atoms with E-state index in [2.05, 4.69) is 0 Å². The molecule has 0 unspecified atom stereocenters. The largest absolute Gasteiger partial charge is 0.379 e. The summed E-state index contributed by atoms with van der Waals surface area (Å²) < 4.78 is 57.7. The first-order valence-corrected chi connectivity index (χ1v) is 11.1. The Hall–Kier alpha value is -1.00. The van der Waals surface area contributed by atoms with Crippen LogP contribution in [-0.2, 0) is 37.7 Å². The minimum Gasteiger partial charge on any atom is -0.379 e. The van der Waals surface area contributed by atoms with Gasteiger partial charge in [-0.05, 0) is 36.6 Å². The molecule has 0 bridgehead atoms. The van der Waals surface area contributed by atoms with Crippen LogP contribution in [0, 0.1) is 0 Å². The number of hydrogen-bond donors (Lipinski definition) is 0. The molecule has 1 aromatic carbocycles. The molecule has 2 aliphatic rings. The van der Waals surface area contributed by atoms with E-state index in [9.17, 15) is 16.8 Å². The van der Waals surface area contributed by atoms with Crippen molar-refractivity contribution in [3.8, 4) is 0 Å². The van der Waals surface area contributed by atoms with E-state index in [1.165, 1.54) is 8.61 Å². The summed E-state index contributed by atoms with van der Waals surface area (Å²) in [4.78, 5) is 0.221. The summed E-state index contributed by atoms with van der Waals surface area (Å²) in [6.07, 6.45) is 0.604. The van der Waals surface area contributed by atoms with Crippen molar-refractivity contribution in [3.63, 3.8) is 0 Å². The predicted molar refractivity (Wildman–Crippen MR) is 89.6 cm³/mol. The van der Waals surface area contributed by atoms with E-state index in [0.717, 1.165) is 11.1 Å². The minimum atomic E-state index is -3.57. The second-order valence-corrected chi connectivity index (χ2v) is 10.1. The van der Waals surface area contributed by atoms with Crippen molar-refractivity contribution in [2.75, 3.05) is 38.6 Å². The van der Waals surface area contributed by atoms with Crippen LogP contribution in [0.5, 0.6) is 0 Å². The third-order valence-electron chi connectivity index (χ3n) is 4.52. The average Bonchev–Trinajstić information content (AvgIpc) is 2.61. The third-order valence-corrected chi connectivity index (χ3v) is 8.24. The number of sulfonamides is 2. The first kappa shape index (κ1) is 17.8. The van der Waals surface area contributed by atoms with Gasteiger partial charge in [0.15, 0.2) is 0 Å². The monoisotopic (exact) mass is 374 g/mol. The number of fused-ring (bicyclic) bond motifs is 1. The molecule has 7 nitrogen and oxygen atoms in total. The zero-order valence-electron chi connectivity index (χ0n) is 13.6. The Labute approximate surface area is 143 Å². The molecule has 0 N–H and O–H groups in total. The minimum absolute atomic E-state index is 0.0497. The van der Waals surface area contributed by atoms with Crippen LogP contribution in [0.4, 0.5) is 0 Å². The Morgan fingerprint density at radius 2 is 1.71 bits per heavy atom. The number of morpholine rings is 1. The lowest BCUT2D eigenvalue weighted by atomic mass is 10.0. The second kappa shape index (κ2) is 6.72. The van der Waals surface area contributed by atoms with E-state index in [1.54, 1.807) is 25.1 Å². The summed E-state index contributed by atoms with van der Waals surface area (Å²) in [5.41, 5.74) is 1.78. The molecule has 3 rings (SSSR count). The molecule has 0 spiro atoms. The molecule has 1 saturated heterocycles. The maximum absolute atomic E-state index is 12.7. The third kappa shape index (κ3) is 3.36. The van der Waals surface area contributed by atoms with Gasteiger partial charge in [-0.1, -0.05) is 6.07 Å². The van der Waals surface area contributed by atoms with Crippen LogP contribution in [-0.4, -0.2) is 64.0 Å². The summed E-state index contributed by atoms with van der Waals surface area (Å²) in [6, 6.07) is 5.05. The Bertz CT molecular complexity index is 814. The SMILES string of the molecule is CCS(=O)(=O)N1CCc2ccc(S(=O)(=O)N3CCOCC3)cc2C1. The Morgan fingerprint density at radius 3 is 2.38 bits per heavy atom. The van der Waals surface area contributed by atoms with Gasteiger partial charge in [0.05, 0.1) is 23.9 Å². The van der Waals surface area contributed by atoms with Gasteiger partial charge in [-0.15, -0.1) is 0 Å². The highest BCUT2D eigenvalue weighted by Crippen LogP contribution is 2.26. The van der Waals surface area contributed by atoms with E-state index in [1.807, 2.05) is 0 Å². The van der Waals surface area contributed by atoms with Gasteiger partial charge in [0, 0.05) is 26.2 Å². The van der Waals surface area contributed by atoms with Crippen molar-refractivity contribution in [2.24, 2.45) is 0 Å². The lowest BCUT2D eigenvalue weighted by Gasteiger charge is -2.29. The molecule has 134 valence electrons. The van der Waals surface area contributed by atoms with Crippen LogP contribution >= 0.6 is 0 Å². The van der Waals surface area contributed by atoms with Crippen LogP contribution in [0.25, 0.3) is 0 Å². The summed E-state index contributed by atoms with van der Waals surface area (Å²) in [5, 5.41) is 0. The molecule has 0 radical (unpaired) electrons. The van der Waals surface area contributed by atoms with Crippen molar-refractivity contribution >= 4 is 20.0 Å². The lowest BCUT2D eigenvalue weighted by molar-refractivity contribution is 0.0730. The zero-order valence-corrected chi connectivity index (χ0v) is 15.3. The van der Waals surface area contributed by atoms with Crippen LogP contribution in [0.2, 0.25) is 0 Å². The van der Waals surface area contributed by atoms with Crippen molar-refractivity contribution in [1.29, 1.82) is 0 Å². The molecule has 0 saturated carbocycles. The summed E-state index contributed by atoms with van der Waals surface area (Å²) in [7, 11) is -6.84. The van der Waals surface area contributed by atoms with E-state index < -0.39 is 20.0 Å².